The van der Waals surface area contributed by atoms with E-state index in [1.165, 1.54) is 38.2 Å². The number of halogens is 1. The molecule has 10 nitrogen and oxygen atoms in total. The Morgan fingerprint density at radius 1 is 1.08 bits per heavy atom. The van der Waals surface area contributed by atoms with Gasteiger partial charge in [-0.05, 0) is 49.8 Å². The van der Waals surface area contributed by atoms with E-state index in [9.17, 15) is 34.2 Å². The number of hydrogen-bond donors (Lipinski definition) is 2. The lowest BCUT2D eigenvalue weighted by atomic mass is 9.46. The number of esters is 3. The summed E-state index contributed by atoms with van der Waals surface area (Å²) in [6.45, 7) is 7.79. The van der Waals surface area contributed by atoms with Crippen LogP contribution in [0.15, 0.2) is 35.6 Å². The standard InChI is InChI=1S/C28H33FO10/c1-13-9-18-19-11-21(37-14(2)30)20-10-17(33)7-8-25(20,5)27(19,29)22(34)12-26(18,6)28(13,36)23(35)24(38-15(3)31)39-16(4)32/h7-8,10-11,13,18-19,22,24,34,36H,9,12H2,1-6H3/t13?,18-,19-,22?,25-,26-,27-,28-/m0/s1. The summed E-state index contributed by atoms with van der Waals surface area (Å²) in [7, 11) is 0. The van der Waals surface area contributed by atoms with Crippen LogP contribution in [0.3, 0.4) is 0 Å². The molecule has 2 saturated carbocycles. The third-order valence-corrected chi connectivity index (χ3v) is 9.24. The van der Waals surface area contributed by atoms with Crippen molar-refractivity contribution in [2.45, 2.75) is 78.0 Å². The van der Waals surface area contributed by atoms with Gasteiger partial charge in [0.05, 0.1) is 11.5 Å². The number of fused-ring (bicyclic) bond motifs is 5. The first-order valence-electron chi connectivity index (χ1n) is 12.8. The maximum Gasteiger partial charge on any atom is 0.309 e. The highest BCUT2D eigenvalue weighted by Gasteiger charge is 2.76. The van der Waals surface area contributed by atoms with Gasteiger partial charge >= 0.3 is 24.2 Å². The number of ketones is 2. The van der Waals surface area contributed by atoms with Crippen LogP contribution in [0.2, 0.25) is 0 Å². The number of aliphatic hydroxyl groups excluding tert-OH is 1. The van der Waals surface area contributed by atoms with Gasteiger partial charge in [0.1, 0.15) is 11.4 Å². The molecule has 0 aromatic heterocycles. The molecule has 0 aromatic rings. The first-order chi connectivity index (χ1) is 17.9. The number of hydrogen-bond acceptors (Lipinski definition) is 10. The van der Waals surface area contributed by atoms with Crippen LogP contribution in [-0.2, 0) is 38.2 Å². The van der Waals surface area contributed by atoms with E-state index in [0.717, 1.165) is 20.8 Å². The SMILES string of the molecule is CC(=O)OC1=C[C@H]2[C@@H]3CC(C)[C@](O)(C(=O)C(OC(C)=O)OC(C)=O)[C@@]3(C)CC(O)[C@]2(F)[C@@]2(C)C=CC(=O)C=C12. The Labute approximate surface area is 224 Å². The van der Waals surface area contributed by atoms with Crippen LogP contribution in [0.5, 0.6) is 0 Å². The van der Waals surface area contributed by atoms with Crippen molar-refractivity contribution in [3.63, 3.8) is 0 Å². The Hall–Kier alpha value is -3.18. The summed E-state index contributed by atoms with van der Waals surface area (Å²) in [4.78, 5) is 61.3. The summed E-state index contributed by atoms with van der Waals surface area (Å²) in [5.74, 6) is -6.94. The molecule has 2 fully saturated rings. The molecule has 0 bridgehead atoms. The van der Waals surface area contributed by atoms with Gasteiger partial charge < -0.3 is 24.4 Å². The Bertz CT molecular complexity index is 1230. The molecular weight excluding hydrogens is 515 g/mol. The van der Waals surface area contributed by atoms with E-state index in [1.54, 1.807) is 6.92 Å². The predicted octanol–water partition coefficient (Wildman–Crippen LogP) is 2.02. The van der Waals surface area contributed by atoms with Crippen LogP contribution in [0.4, 0.5) is 4.39 Å². The van der Waals surface area contributed by atoms with E-state index < -0.39 is 81.7 Å². The van der Waals surface area contributed by atoms with Crippen molar-refractivity contribution >= 4 is 29.5 Å². The zero-order valence-electron chi connectivity index (χ0n) is 22.6. The Kier molecular flexibility index (Phi) is 6.79. The third kappa shape index (κ3) is 3.92. The molecule has 0 amide bonds. The van der Waals surface area contributed by atoms with Crippen molar-refractivity contribution in [1.82, 2.24) is 0 Å². The Morgan fingerprint density at radius 3 is 2.21 bits per heavy atom. The van der Waals surface area contributed by atoms with Crippen molar-refractivity contribution in [3.05, 3.63) is 35.6 Å². The molecule has 11 heteroatoms. The number of rotatable bonds is 5. The minimum absolute atomic E-state index is 0.0375. The van der Waals surface area contributed by atoms with Gasteiger partial charge in [0.2, 0.25) is 5.78 Å². The number of carbonyl (C=O) groups excluding carboxylic acids is 5. The zero-order chi connectivity index (χ0) is 29.3. The topological polar surface area (TPSA) is 154 Å². The van der Waals surface area contributed by atoms with E-state index >= 15 is 4.39 Å². The number of allylic oxidation sites excluding steroid dienone is 5. The molecule has 2 unspecified atom stereocenters. The molecule has 4 aliphatic carbocycles. The van der Waals surface area contributed by atoms with Crippen molar-refractivity contribution in [3.8, 4) is 0 Å². The first-order valence-corrected chi connectivity index (χ1v) is 12.8. The summed E-state index contributed by atoms with van der Waals surface area (Å²) in [6.07, 6.45) is 0.984. The van der Waals surface area contributed by atoms with Crippen LogP contribution in [0.1, 0.15) is 54.4 Å². The smallest absolute Gasteiger partial charge is 0.309 e. The van der Waals surface area contributed by atoms with Crippen molar-refractivity contribution < 1.29 is 52.8 Å². The third-order valence-electron chi connectivity index (χ3n) is 9.24. The lowest BCUT2D eigenvalue weighted by Gasteiger charge is -2.61. The molecule has 2 N–H and O–H groups in total. The van der Waals surface area contributed by atoms with Crippen LogP contribution >= 0.6 is 0 Å². The van der Waals surface area contributed by atoms with E-state index in [4.69, 9.17) is 14.2 Å². The Balaban J connectivity index is 1.88. The molecule has 8 atom stereocenters. The normalized spacial score (nSPS) is 40.5. The molecule has 0 aromatic carbocycles. The number of carbonyl (C=O) groups is 5. The molecule has 0 heterocycles. The monoisotopic (exact) mass is 548 g/mol. The fourth-order valence-corrected chi connectivity index (χ4v) is 7.48. The maximum atomic E-state index is 17.5. The van der Waals surface area contributed by atoms with Crippen molar-refractivity contribution in [2.24, 2.45) is 28.6 Å². The number of Topliss-reactive ketones (excluding diaryl/α,β-unsaturated/α-hetero) is 1. The van der Waals surface area contributed by atoms with E-state index in [-0.39, 0.29) is 24.2 Å². The van der Waals surface area contributed by atoms with Gasteiger partial charge in [0, 0.05) is 37.7 Å². The fourth-order valence-electron chi connectivity index (χ4n) is 7.48. The molecule has 4 rings (SSSR count). The summed E-state index contributed by atoms with van der Waals surface area (Å²) in [6, 6.07) is 0. The fraction of sp³-hybridized carbons (Fsp3) is 0.607. The lowest BCUT2D eigenvalue weighted by molar-refractivity contribution is -0.222. The van der Waals surface area contributed by atoms with E-state index in [2.05, 4.69) is 0 Å². The van der Waals surface area contributed by atoms with Gasteiger partial charge in [-0.3, -0.25) is 24.0 Å². The molecule has 4 aliphatic rings. The van der Waals surface area contributed by atoms with Crippen LogP contribution in [0, 0.1) is 28.6 Å². The maximum absolute atomic E-state index is 17.5. The quantitative estimate of drug-likeness (QED) is 0.385. The van der Waals surface area contributed by atoms with Gasteiger partial charge in [0.15, 0.2) is 11.5 Å². The highest BCUT2D eigenvalue weighted by molar-refractivity contribution is 6.02. The van der Waals surface area contributed by atoms with Crippen LogP contribution < -0.4 is 0 Å². The largest absolute Gasteiger partial charge is 0.427 e. The second-order valence-corrected chi connectivity index (χ2v) is 11.5. The van der Waals surface area contributed by atoms with Gasteiger partial charge in [-0.15, -0.1) is 0 Å². The summed E-state index contributed by atoms with van der Waals surface area (Å²) >= 11 is 0. The molecule has 212 valence electrons. The summed E-state index contributed by atoms with van der Waals surface area (Å²) in [5, 5.41) is 23.6. The minimum Gasteiger partial charge on any atom is -0.427 e. The van der Waals surface area contributed by atoms with Gasteiger partial charge in [-0.25, -0.2) is 4.39 Å². The highest BCUT2D eigenvalue weighted by atomic mass is 19.1. The second kappa shape index (κ2) is 9.19. The van der Waals surface area contributed by atoms with E-state index in [1.807, 2.05) is 0 Å². The average Bonchev–Trinajstić information content (AvgIpc) is 3.01. The van der Waals surface area contributed by atoms with Crippen molar-refractivity contribution in [1.29, 1.82) is 0 Å². The molecule has 0 radical (unpaired) electrons. The Morgan fingerprint density at radius 2 is 1.67 bits per heavy atom. The number of alkyl halides is 1. The van der Waals surface area contributed by atoms with Gasteiger partial charge in [-0.2, -0.15) is 0 Å². The number of ether oxygens (including phenoxy) is 3. The lowest BCUT2D eigenvalue weighted by Crippen LogP contribution is -2.69. The molecule has 0 aliphatic heterocycles. The van der Waals surface area contributed by atoms with Gasteiger partial charge in [0.25, 0.3) is 0 Å². The zero-order valence-corrected chi connectivity index (χ0v) is 22.6. The molecule has 0 saturated heterocycles. The van der Waals surface area contributed by atoms with E-state index in [0.29, 0.717) is 0 Å². The highest BCUT2D eigenvalue weighted by Crippen LogP contribution is 2.70. The molecular formula is C28H33FO10. The second-order valence-electron chi connectivity index (χ2n) is 11.5. The average molecular weight is 549 g/mol. The first kappa shape index (κ1) is 28.8. The molecule has 39 heavy (non-hydrogen) atoms. The van der Waals surface area contributed by atoms with Crippen molar-refractivity contribution in [2.75, 3.05) is 0 Å². The minimum atomic E-state index is -2.41. The van der Waals surface area contributed by atoms with Crippen LogP contribution in [0.25, 0.3) is 0 Å². The summed E-state index contributed by atoms with van der Waals surface area (Å²) < 4.78 is 32.8. The van der Waals surface area contributed by atoms with Crippen LogP contribution in [-0.4, -0.2) is 63.4 Å². The predicted molar refractivity (Wildman–Crippen MR) is 131 cm³/mol. The molecule has 0 spiro atoms. The van der Waals surface area contributed by atoms with Gasteiger partial charge in [-0.1, -0.05) is 19.9 Å². The number of aliphatic hydroxyl groups is 2. The summed E-state index contributed by atoms with van der Waals surface area (Å²) in [5.41, 5.74) is -7.69.